The van der Waals surface area contributed by atoms with Crippen molar-refractivity contribution < 1.29 is 42.4 Å². The quantitative estimate of drug-likeness (QED) is 0.0885. The lowest BCUT2D eigenvalue weighted by atomic mass is 9.96. The van der Waals surface area contributed by atoms with E-state index in [2.05, 4.69) is 4.98 Å². The molecule has 1 heterocycles. The predicted molar refractivity (Wildman–Crippen MR) is 156 cm³/mol. The van der Waals surface area contributed by atoms with Gasteiger partial charge in [-0.3, -0.25) is 5.41 Å². The molecule has 4 rings (SSSR count). The number of carbonyl (C=O) groups is 1. The van der Waals surface area contributed by atoms with Crippen molar-refractivity contribution >= 4 is 11.8 Å². The Bertz CT molecular complexity index is 1720. The van der Waals surface area contributed by atoms with Crippen molar-refractivity contribution in [3.63, 3.8) is 0 Å². The topological polar surface area (TPSA) is 172 Å². The fourth-order valence-electron chi connectivity index (χ4n) is 3.85. The van der Waals surface area contributed by atoms with Crippen LogP contribution in [0.25, 0.3) is 0 Å². The average Bonchev–Trinajstić information content (AvgIpc) is 2.98. The van der Waals surface area contributed by atoms with Gasteiger partial charge >= 0.3 is 5.97 Å². The van der Waals surface area contributed by atoms with Gasteiger partial charge in [-0.05, 0) is 74.9 Å². The number of methoxy groups -OCH3 is 1. The molecule has 44 heavy (non-hydrogen) atoms. The third-order valence-corrected chi connectivity index (χ3v) is 6.13. The molecule has 0 atom stereocenters. The third kappa shape index (κ3) is 6.95. The molecule has 0 spiro atoms. The molecule has 13 heteroatoms. The number of amidine groups is 1. The van der Waals surface area contributed by atoms with Crippen LogP contribution < -0.4 is 30.4 Å². The second-order valence-corrected chi connectivity index (χ2v) is 9.92. The molecule has 0 aliphatic heterocycles. The smallest absolute Gasteiger partial charge is 0.338 e. The molecule has 230 valence electrons. The molecule has 0 bridgehead atoms. The summed E-state index contributed by atoms with van der Waals surface area (Å²) in [5.74, 6) is -7.19. The van der Waals surface area contributed by atoms with Crippen LogP contribution in [0.3, 0.4) is 0 Å². The summed E-state index contributed by atoms with van der Waals surface area (Å²) >= 11 is 0. The van der Waals surface area contributed by atoms with Crippen molar-refractivity contribution in [1.29, 1.82) is 5.41 Å². The Hall–Kier alpha value is -5.43. The molecule has 1 aromatic heterocycles. The Labute approximate surface area is 251 Å². The van der Waals surface area contributed by atoms with Crippen LogP contribution in [0, 0.1) is 17.0 Å². The Kier molecular flexibility index (Phi) is 9.19. The van der Waals surface area contributed by atoms with E-state index in [4.69, 9.17) is 40.6 Å². The summed E-state index contributed by atoms with van der Waals surface area (Å²) in [6.07, 6.45) is 0. The van der Waals surface area contributed by atoms with E-state index in [1.54, 1.807) is 39.0 Å². The minimum absolute atomic E-state index is 0.0409. The number of halogens is 2. The van der Waals surface area contributed by atoms with E-state index in [1.165, 1.54) is 49.6 Å². The lowest BCUT2D eigenvalue weighted by Gasteiger charge is -2.20. The van der Waals surface area contributed by atoms with Gasteiger partial charge in [-0.25, -0.2) is 4.79 Å². The number of nitrogens with two attached hydrogens (primary N) is 2. The number of esters is 1. The number of hydrogen-bond acceptors (Lipinski definition) is 10. The number of benzene rings is 3. The van der Waals surface area contributed by atoms with Gasteiger partial charge in [0, 0.05) is 11.1 Å². The lowest BCUT2D eigenvalue weighted by molar-refractivity contribution is 0.0526. The molecule has 0 amide bonds. The normalized spacial score (nSPS) is 11.1. The molecule has 0 unspecified atom stereocenters. The van der Waals surface area contributed by atoms with Crippen LogP contribution in [0.2, 0.25) is 0 Å². The van der Waals surface area contributed by atoms with Gasteiger partial charge in [0.05, 0.1) is 19.3 Å². The number of hydrogen-bond donors (Lipinski definition) is 4. The van der Waals surface area contributed by atoms with Gasteiger partial charge in [-0.1, -0.05) is 12.1 Å². The molecule has 3 aromatic carbocycles. The van der Waals surface area contributed by atoms with E-state index in [1.807, 2.05) is 0 Å². The van der Waals surface area contributed by atoms with Crippen molar-refractivity contribution in [2.24, 2.45) is 11.5 Å². The maximum atomic E-state index is 15.9. The Balaban J connectivity index is 1.83. The number of ether oxygens (including phenoxy) is 5. The summed E-state index contributed by atoms with van der Waals surface area (Å²) in [5, 5.41) is 18.0. The van der Waals surface area contributed by atoms with Crippen molar-refractivity contribution in [3.05, 3.63) is 89.0 Å². The molecule has 0 saturated heterocycles. The second-order valence-electron chi connectivity index (χ2n) is 9.92. The van der Waals surface area contributed by atoms with Crippen LogP contribution in [0.5, 0.6) is 46.3 Å². The summed E-state index contributed by atoms with van der Waals surface area (Å²) in [4.78, 5) is 16.1. The number of nitrogens with one attached hydrogen (secondary N) is 1. The average molecular weight is 609 g/mol. The Morgan fingerprint density at radius 2 is 1.59 bits per heavy atom. The minimum Gasteiger partial charge on any atom is -0.504 e. The number of aromatic nitrogens is 1. The van der Waals surface area contributed by atoms with Crippen LogP contribution in [-0.4, -0.2) is 35.6 Å². The molecule has 11 nitrogen and oxygen atoms in total. The lowest BCUT2D eigenvalue weighted by Crippen LogP contribution is -2.28. The summed E-state index contributed by atoms with van der Waals surface area (Å²) in [6, 6.07) is 14.0. The maximum absolute atomic E-state index is 15.9. The van der Waals surface area contributed by atoms with Gasteiger partial charge < -0.3 is 40.3 Å². The van der Waals surface area contributed by atoms with E-state index in [0.717, 1.165) is 0 Å². The van der Waals surface area contributed by atoms with Gasteiger partial charge in [0.25, 0.3) is 11.8 Å². The first-order chi connectivity index (χ1) is 20.8. The standard InChI is InChI=1S/C31H30F2N4O7/c1-5-41-30(39)17-10-12-21(23(14-17)40-4)43-26-24(32)28(42-19-8-6-7-18(15-19)31(2,3)36)37-29(25(26)33)44-22-13-16(27(34)35)9-11-20(22)38/h6-15,38H,5,36H2,1-4H3,(H3,34,35). The molecule has 0 saturated carbocycles. The zero-order valence-electron chi connectivity index (χ0n) is 24.2. The first kappa shape index (κ1) is 31.5. The van der Waals surface area contributed by atoms with Crippen molar-refractivity contribution in [2.45, 2.75) is 26.3 Å². The van der Waals surface area contributed by atoms with Crippen molar-refractivity contribution in [2.75, 3.05) is 13.7 Å². The first-order valence-electron chi connectivity index (χ1n) is 13.2. The maximum Gasteiger partial charge on any atom is 0.338 e. The van der Waals surface area contributed by atoms with Gasteiger partial charge in [-0.2, -0.15) is 13.8 Å². The highest BCUT2D eigenvalue weighted by molar-refractivity contribution is 5.95. The van der Waals surface area contributed by atoms with Crippen molar-refractivity contribution in [1.82, 2.24) is 4.98 Å². The first-order valence-corrected chi connectivity index (χ1v) is 13.2. The number of phenols is 1. The molecule has 0 aliphatic carbocycles. The van der Waals surface area contributed by atoms with Gasteiger partial charge in [-0.15, -0.1) is 0 Å². The molecule has 0 aliphatic rings. The number of nitrogens with zero attached hydrogens (tertiary/aromatic N) is 1. The van der Waals surface area contributed by atoms with Crippen LogP contribution >= 0.6 is 0 Å². The number of nitrogen functional groups attached to an aromatic ring is 1. The largest absolute Gasteiger partial charge is 0.504 e. The van der Waals surface area contributed by atoms with Gasteiger partial charge in [0.1, 0.15) is 11.6 Å². The summed E-state index contributed by atoms with van der Waals surface area (Å²) in [5.41, 5.74) is 11.9. The summed E-state index contributed by atoms with van der Waals surface area (Å²) < 4.78 is 58.9. The molecule has 6 N–H and O–H groups in total. The molecule has 0 fully saturated rings. The highest BCUT2D eigenvalue weighted by atomic mass is 19.1. The van der Waals surface area contributed by atoms with Crippen LogP contribution in [-0.2, 0) is 10.3 Å². The van der Waals surface area contributed by atoms with Crippen LogP contribution in [0.4, 0.5) is 8.78 Å². The zero-order valence-corrected chi connectivity index (χ0v) is 24.2. The van der Waals surface area contributed by atoms with E-state index >= 15 is 8.78 Å². The highest BCUT2D eigenvalue weighted by Gasteiger charge is 2.28. The monoisotopic (exact) mass is 608 g/mol. The highest BCUT2D eigenvalue weighted by Crippen LogP contribution is 2.43. The van der Waals surface area contributed by atoms with Crippen molar-refractivity contribution in [3.8, 4) is 46.3 Å². The number of rotatable bonds is 11. The second kappa shape index (κ2) is 12.8. The fraction of sp³-hybridized carbons (Fsp3) is 0.194. The Morgan fingerprint density at radius 1 is 0.932 bits per heavy atom. The van der Waals surface area contributed by atoms with E-state index in [-0.39, 0.29) is 46.6 Å². The number of aromatic hydroxyl groups is 1. The Morgan fingerprint density at radius 3 is 2.23 bits per heavy atom. The number of phenolic OH excluding ortho intramolecular Hbond substituents is 1. The zero-order chi connectivity index (χ0) is 32.2. The molecular formula is C31H30F2N4O7. The van der Waals surface area contributed by atoms with E-state index < -0.39 is 46.4 Å². The minimum atomic E-state index is -1.41. The van der Waals surface area contributed by atoms with Gasteiger partial charge in [0.2, 0.25) is 17.4 Å². The molecule has 4 aromatic rings. The summed E-state index contributed by atoms with van der Waals surface area (Å²) in [6.45, 7) is 5.31. The van der Waals surface area contributed by atoms with Crippen LogP contribution in [0.1, 0.15) is 42.3 Å². The SMILES string of the molecule is CCOC(=O)c1ccc(Oc2c(F)c(Oc3cccc(C(C)(C)N)c3)nc(Oc3cc(C(=N)N)ccc3O)c2F)c(OC)c1. The number of pyridine rings is 1. The third-order valence-electron chi connectivity index (χ3n) is 6.13. The predicted octanol–water partition coefficient (Wildman–Crippen LogP) is 6.11. The number of carbonyl (C=O) groups excluding carboxylic acids is 1. The molecule has 0 radical (unpaired) electrons. The summed E-state index contributed by atoms with van der Waals surface area (Å²) in [7, 11) is 1.27. The molecular weight excluding hydrogens is 578 g/mol. The van der Waals surface area contributed by atoms with E-state index in [9.17, 15) is 9.90 Å². The van der Waals surface area contributed by atoms with E-state index in [0.29, 0.717) is 5.56 Å². The van der Waals surface area contributed by atoms with Crippen LogP contribution in [0.15, 0.2) is 60.7 Å². The van der Waals surface area contributed by atoms with Gasteiger partial charge in [0.15, 0.2) is 23.0 Å². The fourth-order valence-corrected chi connectivity index (χ4v) is 3.85.